The normalized spacial score (nSPS) is 9.69. The maximum Gasteiger partial charge on any atom is 0.320 e. The van der Waals surface area contributed by atoms with Crippen molar-refractivity contribution < 1.29 is 9.90 Å². The van der Waals surface area contributed by atoms with Gasteiger partial charge in [-0.3, -0.25) is 4.79 Å². The highest BCUT2D eigenvalue weighted by molar-refractivity contribution is 5.72. The van der Waals surface area contributed by atoms with Gasteiger partial charge >= 0.3 is 5.97 Å². The zero-order valence-corrected chi connectivity index (χ0v) is 7.36. The van der Waals surface area contributed by atoms with Crippen LogP contribution in [0.15, 0.2) is 13.2 Å². The van der Waals surface area contributed by atoms with Gasteiger partial charge in [-0.1, -0.05) is 0 Å². The smallest absolute Gasteiger partial charge is 0.320 e. The van der Waals surface area contributed by atoms with Crippen molar-refractivity contribution in [2.45, 2.75) is 19.3 Å². The van der Waals surface area contributed by atoms with Crippen LogP contribution in [0.4, 0.5) is 0 Å². The van der Waals surface area contributed by atoms with Crippen LogP contribution in [0.3, 0.4) is 0 Å². The number of hydrogen-bond donors (Lipinski definition) is 1. The van der Waals surface area contributed by atoms with Crippen molar-refractivity contribution in [3.8, 4) is 12.1 Å². The van der Waals surface area contributed by atoms with E-state index in [0.717, 1.165) is 0 Å². The van der Waals surface area contributed by atoms with Gasteiger partial charge in [-0.25, -0.2) is 0 Å². The fourth-order valence-electron chi connectivity index (χ4n) is 0.628. The maximum absolute atomic E-state index is 10.2. The number of carboxylic acid groups (broad SMARTS) is 1. The first-order valence-electron chi connectivity index (χ1n) is 3.71. The Bertz CT molecular complexity index is 225. The van der Waals surface area contributed by atoms with Crippen LogP contribution in [-0.4, -0.2) is 11.1 Å². The molecule has 4 heteroatoms. The van der Waals surface area contributed by atoms with Gasteiger partial charge in [0.15, 0.2) is 0 Å². The third-order valence-corrected chi connectivity index (χ3v) is 1.24. The zero-order valence-electron chi connectivity index (χ0n) is 7.36. The first kappa shape index (κ1) is 13.8. The lowest BCUT2D eigenvalue weighted by Gasteiger charge is -1.98. The van der Waals surface area contributed by atoms with Crippen molar-refractivity contribution >= 4 is 5.97 Å². The molecule has 0 saturated heterocycles. The van der Waals surface area contributed by atoms with Gasteiger partial charge in [0.25, 0.3) is 0 Å². The Labute approximate surface area is 77.7 Å². The van der Waals surface area contributed by atoms with Crippen molar-refractivity contribution in [2.24, 2.45) is 5.92 Å². The van der Waals surface area contributed by atoms with Crippen molar-refractivity contribution in [1.29, 1.82) is 10.5 Å². The lowest BCUT2D eigenvalue weighted by molar-refractivity contribution is -0.140. The molecule has 0 aliphatic rings. The molecule has 0 bridgehead atoms. The molecule has 0 aromatic carbocycles. The molecular formula is C9H12N2O2. The molecule has 1 unspecified atom stereocenters. The molecule has 0 fully saturated rings. The summed E-state index contributed by atoms with van der Waals surface area (Å²) in [6, 6.07) is 3.54. The zero-order chi connectivity index (χ0) is 10.7. The van der Waals surface area contributed by atoms with Crippen LogP contribution in [0.1, 0.15) is 19.3 Å². The average Bonchev–Trinajstić information content (AvgIpc) is 2.15. The van der Waals surface area contributed by atoms with E-state index in [-0.39, 0.29) is 6.42 Å². The summed E-state index contributed by atoms with van der Waals surface area (Å²) < 4.78 is 0. The summed E-state index contributed by atoms with van der Waals surface area (Å²) in [6.07, 6.45) is 1.05. The highest BCUT2D eigenvalue weighted by Crippen LogP contribution is 2.06. The third-order valence-electron chi connectivity index (χ3n) is 1.24. The van der Waals surface area contributed by atoms with Gasteiger partial charge in [0.2, 0.25) is 0 Å². The van der Waals surface area contributed by atoms with E-state index in [2.05, 4.69) is 13.2 Å². The summed E-state index contributed by atoms with van der Waals surface area (Å²) in [5.74, 6) is -2.06. The van der Waals surface area contributed by atoms with Crippen LogP contribution >= 0.6 is 0 Å². The van der Waals surface area contributed by atoms with Gasteiger partial charge < -0.3 is 5.11 Å². The first-order chi connectivity index (χ1) is 6.22. The number of nitriles is 2. The standard InChI is InChI=1S/C7H8N2O2.C2H4/c8-4-2-1-3-6(5-9)7(10)11;1-2/h6H,1-3H2,(H,10,11);1-2H2. The van der Waals surface area contributed by atoms with Crippen LogP contribution in [-0.2, 0) is 4.79 Å². The van der Waals surface area contributed by atoms with E-state index in [9.17, 15) is 4.79 Å². The summed E-state index contributed by atoms with van der Waals surface area (Å²) in [4.78, 5) is 10.2. The summed E-state index contributed by atoms with van der Waals surface area (Å²) in [5.41, 5.74) is 0. The number of nitrogens with zero attached hydrogens (tertiary/aromatic N) is 2. The van der Waals surface area contributed by atoms with Gasteiger partial charge in [0.05, 0.1) is 12.1 Å². The molecule has 0 spiro atoms. The minimum atomic E-state index is -1.11. The second-order valence-corrected chi connectivity index (χ2v) is 2.07. The van der Waals surface area contributed by atoms with E-state index in [4.69, 9.17) is 15.6 Å². The molecule has 0 radical (unpaired) electrons. The second kappa shape index (κ2) is 10.2. The highest BCUT2D eigenvalue weighted by Gasteiger charge is 2.14. The van der Waals surface area contributed by atoms with Crippen molar-refractivity contribution in [3.63, 3.8) is 0 Å². The maximum atomic E-state index is 10.2. The number of unbranched alkanes of at least 4 members (excludes halogenated alkanes) is 1. The summed E-state index contributed by atoms with van der Waals surface area (Å²) >= 11 is 0. The fraction of sp³-hybridized carbons (Fsp3) is 0.444. The van der Waals surface area contributed by atoms with Crippen LogP contribution in [0, 0.1) is 28.6 Å². The summed E-state index contributed by atoms with van der Waals surface area (Å²) in [7, 11) is 0. The monoisotopic (exact) mass is 180 g/mol. The van der Waals surface area contributed by atoms with Gasteiger partial charge in [-0.2, -0.15) is 10.5 Å². The van der Waals surface area contributed by atoms with E-state index < -0.39 is 11.9 Å². The van der Waals surface area contributed by atoms with Crippen LogP contribution in [0.25, 0.3) is 0 Å². The van der Waals surface area contributed by atoms with E-state index in [1.54, 1.807) is 6.07 Å². The molecule has 13 heavy (non-hydrogen) atoms. The first-order valence-corrected chi connectivity index (χ1v) is 3.71. The number of carboxylic acids is 1. The lowest BCUT2D eigenvalue weighted by atomic mass is 10.0. The topological polar surface area (TPSA) is 84.9 Å². The Morgan fingerprint density at radius 2 is 2.00 bits per heavy atom. The van der Waals surface area contributed by atoms with E-state index in [0.29, 0.717) is 12.8 Å². The minimum Gasteiger partial charge on any atom is -0.480 e. The highest BCUT2D eigenvalue weighted by atomic mass is 16.4. The molecule has 0 aliphatic carbocycles. The van der Waals surface area contributed by atoms with Crippen molar-refractivity contribution in [3.05, 3.63) is 13.2 Å². The predicted molar refractivity (Wildman–Crippen MR) is 47.5 cm³/mol. The third kappa shape index (κ3) is 8.09. The molecule has 4 nitrogen and oxygen atoms in total. The number of hydrogen-bond acceptors (Lipinski definition) is 3. The Kier molecular flexibility index (Phi) is 10.8. The summed E-state index contributed by atoms with van der Waals surface area (Å²) in [6.45, 7) is 6.00. The molecule has 1 N–H and O–H groups in total. The van der Waals surface area contributed by atoms with Gasteiger partial charge in [0.1, 0.15) is 5.92 Å². The number of rotatable bonds is 4. The van der Waals surface area contributed by atoms with Crippen LogP contribution in [0.5, 0.6) is 0 Å². The molecule has 0 aliphatic heterocycles. The SMILES string of the molecule is C=C.N#CCCCC(C#N)C(=O)O. The Morgan fingerprint density at radius 1 is 1.46 bits per heavy atom. The molecule has 1 atom stereocenters. The Hall–Kier alpha value is -1.81. The molecule has 0 aromatic rings. The summed E-state index contributed by atoms with van der Waals surface area (Å²) in [5, 5.41) is 24.8. The van der Waals surface area contributed by atoms with E-state index in [1.165, 1.54) is 0 Å². The molecule has 0 amide bonds. The Balaban J connectivity index is 0. The Morgan fingerprint density at radius 3 is 2.31 bits per heavy atom. The van der Waals surface area contributed by atoms with E-state index in [1.807, 2.05) is 6.07 Å². The van der Waals surface area contributed by atoms with Crippen LogP contribution < -0.4 is 0 Å². The lowest BCUT2D eigenvalue weighted by Crippen LogP contribution is -2.10. The van der Waals surface area contributed by atoms with Gasteiger partial charge in [0, 0.05) is 6.42 Å². The van der Waals surface area contributed by atoms with Crippen molar-refractivity contribution in [2.75, 3.05) is 0 Å². The number of aliphatic carboxylic acids is 1. The van der Waals surface area contributed by atoms with Crippen LogP contribution in [0.2, 0.25) is 0 Å². The van der Waals surface area contributed by atoms with Gasteiger partial charge in [-0.05, 0) is 12.8 Å². The molecule has 0 aromatic heterocycles. The quantitative estimate of drug-likeness (QED) is 0.527. The average molecular weight is 180 g/mol. The minimum absolute atomic E-state index is 0.263. The second-order valence-electron chi connectivity index (χ2n) is 2.07. The predicted octanol–water partition coefficient (Wildman–Crippen LogP) is 1.71. The molecule has 0 rings (SSSR count). The molecular weight excluding hydrogens is 168 g/mol. The molecule has 0 heterocycles. The molecule has 0 saturated carbocycles. The van der Waals surface area contributed by atoms with Crippen molar-refractivity contribution in [1.82, 2.24) is 0 Å². The largest absolute Gasteiger partial charge is 0.480 e. The fourth-order valence-corrected chi connectivity index (χ4v) is 0.628. The molecule has 70 valence electrons. The van der Waals surface area contributed by atoms with Gasteiger partial charge in [-0.15, -0.1) is 13.2 Å². The van der Waals surface area contributed by atoms with E-state index >= 15 is 0 Å². The number of carbonyl (C=O) groups is 1.